The first-order chi connectivity index (χ1) is 57.1. The van der Waals surface area contributed by atoms with Crippen LogP contribution in [0.4, 0.5) is 0 Å². The zero-order valence-corrected chi connectivity index (χ0v) is 75.0. The van der Waals surface area contributed by atoms with Crippen molar-refractivity contribution in [3.05, 3.63) is 12.2 Å². The van der Waals surface area contributed by atoms with Gasteiger partial charge in [-0.05, 0) is 57.3 Å². The van der Waals surface area contributed by atoms with Gasteiger partial charge in [-0.2, -0.15) is 0 Å². The summed E-state index contributed by atoms with van der Waals surface area (Å²) in [4.78, 5) is 66.5. The average molecular weight is 1710 g/mol. The molecule has 19 atom stereocenters. The Hall–Kier alpha value is -2.79. The summed E-state index contributed by atoms with van der Waals surface area (Å²) in [6.45, 7) is 7.93. The monoisotopic (exact) mass is 1710 g/mol. The second kappa shape index (κ2) is 70.4. The Balaban J connectivity index is 1.92. The average Bonchev–Trinajstić information content (AvgIpc) is 0.753. The Morgan fingerprint density at radius 1 is 0.356 bits per heavy atom. The Kier molecular flexibility index (Phi) is 65.2. The summed E-state index contributed by atoms with van der Waals surface area (Å²) in [5, 5.41) is 102. The number of ether oxygens (including phenoxy) is 8. The molecule has 118 heavy (non-hydrogen) atoms. The molecule has 26 heteroatoms. The lowest BCUT2D eigenvalue weighted by Crippen LogP contribution is -2.70. The van der Waals surface area contributed by atoms with Gasteiger partial charge in [0, 0.05) is 25.7 Å². The highest BCUT2D eigenvalue weighted by Crippen LogP contribution is 2.49. The molecule has 0 bridgehead atoms. The number of hydrogen-bond acceptors (Lipinski definition) is 24. The highest BCUT2D eigenvalue weighted by molar-refractivity contribution is 7.47. The molecular weight excluding hydrogens is 1540 g/mol. The van der Waals surface area contributed by atoms with E-state index >= 15 is 0 Å². The molecule has 0 radical (unpaired) electrons. The van der Waals surface area contributed by atoms with E-state index in [1.54, 1.807) is 0 Å². The van der Waals surface area contributed by atoms with E-state index in [2.05, 4.69) is 46.8 Å². The number of hydrogen-bond donors (Lipinski definition) is 10. The first-order valence-corrected chi connectivity index (χ1v) is 49.3. The van der Waals surface area contributed by atoms with Crippen molar-refractivity contribution in [2.75, 3.05) is 26.4 Å². The molecule has 2 aliphatic heterocycles. The van der Waals surface area contributed by atoms with Crippen molar-refractivity contribution >= 4 is 31.7 Å². The van der Waals surface area contributed by atoms with Gasteiger partial charge in [-0.15, -0.1) is 0 Å². The third-order valence-corrected chi connectivity index (χ3v) is 24.7. The van der Waals surface area contributed by atoms with Gasteiger partial charge in [-0.1, -0.05) is 349 Å². The van der Waals surface area contributed by atoms with Crippen molar-refractivity contribution in [2.24, 2.45) is 5.92 Å². The van der Waals surface area contributed by atoms with Crippen LogP contribution in [0.2, 0.25) is 0 Å². The lowest BCUT2D eigenvalue weighted by atomic mass is 9.84. The van der Waals surface area contributed by atoms with E-state index in [1.807, 2.05) is 0 Å². The zero-order valence-electron chi connectivity index (χ0n) is 74.1. The number of carbonyl (C=O) groups excluding carboxylic acids is 4. The second-order valence-electron chi connectivity index (χ2n) is 34.5. The minimum absolute atomic E-state index is 0.0179. The highest BCUT2D eigenvalue weighted by Gasteiger charge is 2.60. The number of esters is 4. The second-order valence-corrected chi connectivity index (χ2v) is 35.9. The molecule has 3 fully saturated rings. The highest BCUT2D eigenvalue weighted by atomic mass is 31.2. The molecule has 0 aromatic rings. The van der Waals surface area contributed by atoms with Gasteiger partial charge in [-0.25, -0.2) is 4.57 Å². The predicted octanol–water partition coefficient (Wildman–Crippen LogP) is 17.8. The maximum atomic E-state index is 14.9. The molecule has 0 spiro atoms. The minimum Gasteiger partial charge on any atom is -0.463 e. The van der Waals surface area contributed by atoms with E-state index in [4.69, 9.17) is 46.9 Å². The molecule has 3 aliphatic rings. The molecule has 1 saturated carbocycles. The molecule has 25 nitrogen and oxygen atoms in total. The summed E-state index contributed by atoms with van der Waals surface area (Å²) in [5.74, 6) is -2.29. The molecular formula is C92H171O25P. The topological polar surface area (TPSA) is 380 Å². The summed E-state index contributed by atoms with van der Waals surface area (Å²) < 4.78 is 73.5. The molecule has 0 aromatic heterocycles. The molecule has 10 N–H and O–H groups in total. The molecule has 1 aliphatic carbocycles. The number of allylic oxidation sites excluding steroid dienone is 2. The Morgan fingerprint density at radius 2 is 0.686 bits per heavy atom. The Labute approximate surface area is 712 Å². The fourth-order valence-electron chi connectivity index (χ4n) is 16.0. The minimum atomic E-state index is -5.81. The van der Waals surface area contributed by atoms with Crippen molar-refractivity contribution in [3.8, 4) is 0 Å². The van der Waals surface area contributed by atoms with E-state index in [9.17, 15) is 74.6 Å². The van der Waals surface area contributed by atoms with Crippen LogP contribution in [0, 0.1) is 5.92 Å². The van der Waals surface area contributed by atoms with Gasteiger partial charge in [0.1, 0.15) is 92.6 Å². The summed E-state index contributed by atoms with van der Waals surface area (Å²) >= 11 is 0. The maximum Gasteiger partial charge on any atom is 0.472 e. The van der Waals surface area contributed by atoms with E-state index in [1.165, 1.54) is 180 Å². The molecule has 3 rings (SSSR count). The number of carbonyl (C=O) groups is 4. The predicted molar refractivity (Wildman–Crippen MR) is 458 cm³/mol. The van der Waals surface area contributed by atoms with Crippen LogP contribution in [-0.4, -0.2) is 205 Å². The first kappa shape index (κ1) is 109. The van der Waals surface area contributed by atoms with E-state index in [0.717, 1.165) is 141 Å². The summed E-state index contributed by atoms with van der Waals surface area (Å²) in [6.07, 6.45) is 27.7. The number of aliphatic hydroxyl groups excluding tert-OH is 9. The van der Waals surface area contributed by atoms with Gasteiger partial charge in [0.15, 0.2) is 24.8 Å². The van der Waals surface area contributed by atoms with Gasteiger partial charge < -0.3 is 88.7 Å². The fourth-order valence-corrected chi connectivity index (χ4v) is 16.9. The smallest absolute Gasteiger partial charge is 0.463 e. The van der Waals surface area contributed by atoms with Gasteiger partial charge in [0.25, 0.3) is 0 Å². The lowest BCUT2D eigenvalue weighted by Gasteiger charge is -2.50. The van der Waals surface area contributed by atoms with Crippen LogP contribution in [0.1, 0.15) is 413 Å². The third kappa shape index (κ3) is 50.4. The van der Waals surface area contributed by atoms with Crippen molar-refractivity contribution in [1.82, 2.24) is 0 Å². The Morgan fingerprint density at radius 3 is 1.10 bits per heavy atom. The largest absolute Gasteiger partial charge is 0.472 e. The van der Waals surface area contributed by atoms with Gasteiger partial charge in [0.2, 0.25) is 0 Å². The quantitative estimate of drug-likeness (QED) is 0.00889. The third-order valence-electron chi connectivity index (χ3n) is 23.7. The summed E-state index contributed by atoms with van der Waals surface area (Å²) in [5.41, 5.74) is 0. The SMILES string of the molecule is CCCCCC/C=C\CCCCCCCCCC(=O)OC1C(O)C(O)C(OC2OC(CO)C(O)C(O)C2O)C(OP(=O)(O)OCC(COC(=O)CCCCCCCCCCCCCCC)OC(=O)CCCCCCCCC(C)CCCCCCCC)C1OC1OC(COC(=O)CCCCCCCCCCCCCCCCC)C(O)C(O)C1O. The molecule has 0 amide bonds. The van der Waals surface area contributed by atoms with Gasteiger partial charge >= 0.3 is 31.7 Å². The van der Waals surface area contributed by atoms with Crippen molar-refractivity contribution in [3.63, 3.8) is 0 Å². The van der Waals surface area contributed by atoms with Crippen molar-refractivity contribution < 1.29 is 122 Å². The molecule has 694 valence electrons. The fraction of sp³-hybridized carbons (Fsp3) is 0.935. The van der Waals surface area contributed by atoms with E-state index in [0.29, 0.717) is 38.0 Å². The van der Waals surface area contributed by atoms with E-state index < -0.39 is 162 Å². The molecule has 0 aromatic carbocycles. The van der Waals surface area contributed by atoms with E-state index in [-0.39, 0.29) is 25.7 Å². The number of phosphoric ester groups is 1. The number of unbranched alkanes of at least 4 members (excludes halogenated alkanes) is 47. The zero-order chi connectivity index (χ0) is 86.2. The van der Waals surface area contributed by atoms with Crippen molar-refractivity contribution in [1.29, 1.82) is 0 Å². The van der Waals surface area contributed by atoms with Crippen LogP contribution in [0.3, 0.4) is 0 Å². The summed E-state index contributed by atoms with van der Waals surface area (Å²) in [7, 11) is -5.81. The van der Waals surface area contributed by atoms with Crippen LogP contribution in [-0.2, 0) is 70.7 Å². The number of aliphatic hydroxyl groups is 9. The number of rotatable bonds is 77. The van der Waals surface area contributed by atoms with Crippen LogP contribution in [0.5, 0.6) is 0 Å². The molecule has 2 heterocycles. The maximum absolute atomic E-state index is 14.9. The van der Waals surface area contributed by atoms with Crippen LogP contribution in [0.15, 0.2) is 12.2 Å². The first-order valence-electron chi connectivity index (χ1n) is 47.8. The summed E-state index contributed by atoms with van der Waals surface area (Å²) in [6, 6.07) is 0. The molecule has 19 unspecified atom stereocenters. The Bertz CT molecular complexity index is 2520. The van der Waals surface area contributed by atoms with Gasteiger partial charge in [-0.3, -0.25) is 28.2 Å². The van der Waals surface area contributed by atoms with Gasteiger partial charge in [0.05, 0.1) is 13.2 Å². The normalized spacial score (nSPS) is 25.2. The standard InChI is InChI=1S/C92H171O25P/c1-6-10-14-18-22-25-28-31-33-36-39-42-45-52-58-64-76(95)109-70-74-80(99)82(101)86(105)92(113-74)116-89-87(114-78(97)66-60-53-46-43-40-37-34-32-29-26-23-19-15-11-7-2)83(102)84(103)88(115-91-85(104)81(100)79(98)73(67-93)112-91)90(89)117-118(106,107)110-69-72(68-108-75(94)63-57-51-44-41-38-35-30-27-24-20-16-12-8-3)111-77(96)65-59-54-48-47-50-56-62-71(5)61-55-49-21-17-13-9-4/h26,29,71-74,79-93,98-105H,6-25,27-28,30-70H2,1-5H3,(H,106,107)/b29-26-. The van der Waals surface area contributed by atoms with Crippen LogP contribution < -0.4 is 0 Å². The van der Waals surface area contributed by atoms with Crippen molar-refractivity contribution in [2.45, 2.75) is 518 Å². The molecule has 2 saturated heterocycles. The van der Waals surface area contributed by atoms with Crippen LogP contribution in [0.25, 0.3) is 0 Å². The lowest BCUT2D eigenvalue weighted by molar-refractivity contribution is -0.360. The number of phosphoric acid groups is 1. The van der Waals surface area contributed by atoms with Crippen LogP contribution >= 0.6 is 7.82 Å².